The molecule has 108 valence electrons. The monoisotopic (exact) mass is 272 g/mol. The summed E-state index contributed by atoms with van der Waals surface area (Å²) < 4.78 is 0. The summed E-state index contributed by atoms with van der Waals surface area (Å²) in [6.07, 6.45) is 4.37. The number of piperidine rings is 1. The molecule has 3 nitrogen and oxygen atoms in total. The second-order valence-electron chi connectivity index (χ2n) is 6.26. The molecule has 20 heavy (non-hydrogen) atoms. The number of carbonyl (C=O) groups excluding carboxylic acids is 1. The molecule has 2 fully saturated rings. The van der Waals surface area contributed by atoms with Gasteiger partial charge in [0.15, 0.2) is 0 Å². The predicted octanol–water partition coefficient (Wildman–Crippen LogP) is 2.49. The molecule has 1 N–H and O–H groups in total. The van der Waals surface area contributed by atoms with Crippen molar-refractivity contribution in [3.8, 4) is 0 Å². The smallest absolute Gasteiger partial charge is 0.223 e. The Kier molecular flexibility index (Phi) is 4.06. The van der Waals surface area contributed by atoms with Crippen molar-refractivity contribution in [2.75, 3.05) is 13.1 Å². The van der Waals surface area contributed by atoms with Gasteiger partial charge in [0.05, 0.1) is 0 Å². The Morgan fingerprint density at radius 1 is 1.20 bits per heavy atom. The van der Waals surface area contributed by atoms with Crippen LogP contribution in [0.3, 0.4) is 0 Å². The van der Waals surface area contributed by atoms with Crippen LogP contribution in [0.15, 0.2) is 24.3 Å². The van der Waals surface area contributed by atoms with Crippen LogP contribution in [0.25, 0.3) is 0 Å². The lowest BCUT2D eigenvalue weighted by molar-refractivity contribution is -0.126. The molecule has 0 aromatic heterocycles. The lowest BCUT2D eigenvalue weighted by Crippen LogP contribution is -2.40. The first kappa shape index (κ1) is 13.6. The summed E-state index contributed by atoms with van der Waals surface area (Å²) in [6.45, 7) is 5.27. The fraction of sp³-hybridized carbons (Fsp3) is 0.588. The first-order valence-electron chi connectivity index (χ1n) is 7.79. The quantitative estimate of drug-likeness (QED) is 0.913. The van der Waals surface area contributed by atoms with Crippen LogP contribution in [-0.2, 0) is 11.3 Å². The third kappa shape index (κ3) is 3.40. The van der Waals surface area contributed by atoms with Crippen LogP contribution < -0.4 is 5.32 Å². The molecule has 1 saturated carbocycles. The number of amides is 1. The highest BCUT2D eigenvalue weighted by Gasteiger charge is 2.29. The number of nitrogens with zero attached hydrogens (tertiary/aromatic N) is 1. The number of hydrogen-bond acceptors (Lipinski definition) is 2. The number of hydrogen-bond donors (Lipinski definition) is 1. The van der Waals surface area contributed by atoms with Crippen molar-refractivity contribution in [1.82, 2.24) is 10.2 Å². The maximum atomic E-state index is 12.0. The highest BCUT2D eigenvalue weighted by Crippen LogP contribution is 2.23. The Labute approximate surface area is 121 Å². The zero-order valence-electron chi connectivity index (χ0n) is 12.3. The van der Waals surface area contributed by atoms with Gasteiger partial charge in [-0.15, -0.1) is 0 Å². The van der Waals surface area contributed by atoms with E-state index < -0.39 is 0 Å². The maximum Gasteiger partial charge on any atom is 0.223 e. The number of rotatable bonds is 4. The molecule has 2 aliphatic rings. The van der Waals surface area contributed by atoms with Crippen LogP contribution in [0.4, 0.5) is 0 Å². The third-order valence-corrected chi connectivity index (χ3v) is 4.54. The van der Waals surface area contributed by atoms with Gasteiger partial charge in [0.1, 0.15) is 0 Å². The van der Waals surface area contributed by atoms with Crippen molar-refractivity contribution >= 4 is 5.91 Å². The molecular formula is C17H24N2O. The van der Waals surface area contributed by atoms with Crippen LogP contribution in [0.5, 0.6) is 0 Å². The van der Waals surface area contributed by atoms with Gasteiger partial charge in [-0.3, -0.25) is 9.69 Å². The first-order valence-corrected chi connectivity index (χ1v) is 7.79. The van der Waals surface area contributed by atoms with E-state index >= 15 is 0 Å². The summed E-state index contributed by atoms with van der Waals surface area (Å²) in [5, 5.41) is 3.14. The topological polar surface area (TPSA) is 32.3 Å². The van der Waals surface area contributed by atoms with Crippen molar-refractivity contribution in [2.24, 2.45) is 5.92 Å². The van der Waals surface area contributed by atoms with E-state index in [1.165, 1.54) is 24.0 Å². The molecule has 1 aliphatic heterocycles. The number of benzene rings is 1. The van der Waals surface area contributed by atoms with E-state index in [0.717, 1.165) is 32.5 Å². The molecule has 0 spiro atoms. The Balaban J connectivity index is 1.48. The van der Waals surface area contributed by atoms with Gasteiger partial charge in [-0.2, -0.15) is 0 Å². The van der Waals surface area contributed by atoms with Gasteiger partial charge in [-0.1, -0.05) is 24.3 Å². The lowest BCUT2D eigenvalue weighted by Gasteiger charge is -2.31. The predicted molar refractivity (Wildman–Crippen MR) is 80.3 cm³/mol. The lowest BCUT2D eigenvalue weighted by atomic mass is 9.95. The molecular weight excluding hydrogens is 248 g/mol. The van der Waals surface area contributed by atoms with Crippen LogP contribution in [-0.4, -0.2) is 29.9 Å². The Bertz CT molecular complexity index is 474. The Morgan fingerprint density at radius 2 is 1.90 bits per heavy atom. The highest BCUT2D eigenvalue weighted by atomic mass is 16.2. The zero-order valence-corrected chi connectivity index (χ0v) is 12.3. The van der Waals surface area contributed by atoms with Crippen molar-refractivity contribution < 1.29 is 4.79 Å². The maximum absolute atomic E-state index is 12.0. The minimum atomic E-state index is 0.240. The molecule has 3 rings (SSSR count). The summed E-state index contributed by atoms with van der Waals surface area (Å²) in [5.74, 6) is 0.534. The summed E-state index contributed by atoms with van der Waals surface area (Å²) in [6, 6.07) is 9.07. The van der Waals surface area contributed by atoms with Gasteiger partial charge in [0, 0.05) is 18.5 Å². The molecule has 0 unspecified atom stereocenters. The molecule has 0 bridgehead atoms. The molecule has 0 radical (unpaired) electrons. The van der Waals surface area contributed by atoms with Gasteiger partial charge >= 0.3 is 0 Å². The van der Waals surface area contributed by atoms with Gasteiger partial charge in [0.2, 0.25) is 5.91 Å². The molecule has 1 heterocycles. The largest absolute Gasteiger partial charge is 0.353 e. The van der Waals surface area contributed by atoms with Crippen LogP contribution in [0, 0.1) is 12.8 Å². The van der Waals surface area contributed by atoms with E-state index in [1.54, 1.807) is 0 Å². The third-order valence-electron chi connectivity index (χ3n) is 4.54. The van der Waals surface area contributed by atoms with Gasteiger partial charge < -0.3 is 5.32 Å². The summed E-state index contributed by atoms with van der Waals surface area (Å²) in [5.41, 5.74) is 2.77. The van der Waals surface area contributed by atoms with Crippen LogP contribution in [0.2, 0.25) is 0 Å². The van der Waals surface area contributed by atoms with E-state index in [1.807, 2.05) is 0 Å². The second-order valence-corrected chi connectivity index (χ2v) is 6.26. The van der Waals surface area contributed by atoms with Crippen LogP contribution in [0.1, 0.15) is 36.8 Å². The van der Waals surface area contributed by atoms with Crippen molar-refractivity contribution in [2.45, 2.75) is 45.2 Å². The molecule has 1 amide bonds. The zero-order chi connectivity index (χ0) is 13.9. The van der Waals surface area contributed by atoms with Gasteiger partial charge in [-0.05, 0) is 56.8 Å². The minimum Gasteiger partial charge on any atom is -0.353 e. The van der Waals surface area contributed by atoms with E-state index in [0.29, 0.717) is 11.9 Å². The standard InChI is InChI=1S/C17H24N2O/c1-13-4-2-3-5-15(13)12-19-10-8-14(9-11-19)17(20)18-16-6-7-16/h2-5,14,16H,6-12H2,1H3,(H,18,20). The SMILES string of the molecule is Cc1ccccc1CN1CCC(C(=O)NC2CC2)CC1. The average Bonchev–Trinajstić information content (AvgIpc) is 3.26. The minimum absolute atomic E-state index is 0.240. The Hall–Kier alpha value is -1.35. The second kappa shape index (κ2) is 5.96. The van der Waals surface area contributed by atoms with Crippen molar-refractivity contribution in [3.05, 3.63) is 35.4 Å². The molecule has 1 aromatic carbocycles. The van der Waals surface area contributed by atoms with E-state index in [-0.39, 0.29) is 5.92 Å². The van der Waals surface area contributed by atoms with Crippen molar-refractivity contribution in [3.63, 3.8) is 0 Å². The number of nitrogens with one attached hydrogen (secondary N) is 1. The van der Waals surface area contributed by atoms with E-state index in [2.05, 4.69) is 41.4 Å². The first-order chi connectivity index (χ1) is 9.72. The molecule has 1 aliphatic carbocycles. The normalized spacial score (nSPS) is 20.9. The number of likely N-dealkylation sites (tertiary alicyclic amines) is 1. The van der Waals surface area contributed by atoms with Crippen molar-refractivity contribution in [1.29, 1.82) is 0 Å². The fourth-order valence-corrected chi connectivity index (χ4v) is 2.93. The molecule has 0 atom stereocenters. The highest BCUT2D eigenvalue weighted by molar-refractivity contribution is 5.79. The number of carbonyl (C=O) groups is 1. The van der Waals surface area contributed by atoms with Gasteiger partial charge in [-0.25, -0.2) is 0 Å². The van der Waals surface area contributed by atoms with Crippen LogP contribution >= 0.6 is 0 Å². The van der Waals surface area contributed by atoms with Gasteiger partial charge in [0.25, 0.3) is 0 Å². The number of aryl methyl sites for hydroxylation is 1. The fourth-order valence-electron chi connectivity index (χ4n) is 2.93. The Morgan fingerprint density at radius 3 is 2.55 bits per heavy atom. The summed E-state index contributed by atoms with van der Waals surface area (Å²) in [4.78, 5) is 14.5. The summed E-state index contributed by atoms with van der Waals surface area (Å²) >= 11 is 0. The van der Waals surface area contributed by atoms with E-state index in [4.69, 9.17) is 0 Å². The molecule has 1 aromatic rings. The average molecular weight is 272 g/mol. The molecule has 1 saturated heterocycles. The van der Waals surface area contributed by atoms with E-state index in [9.17, 15) is 4.79 Å². The molecule has 3 heteroatoms. The summed E-state index contributed by atoms with van der Waals surface area (Å²) in [7, 11) is 0.